The molecule has 0 bridgehead atoms. The highest BCUT2D eigenvalue weighted by Crippen LogP contribution is 2.25. The highest BCUT2D eigenvalue weighted by Gasteiger charge is 2.12. The lowest BCUT2D eigenvalue weighted by Crippen LogP contribution is -2.08. The largest absolute Gasteiger partial charge is 0.469 e. The molecule has 0 rings (SSSR count). The van der Waals surface area contributed by atoms with Gasteiger partial charge in [-0.05, 0) is 18.3 Å². The smallest absolute Gasteiger partial charge is 0.305 e. The van der Waals surface area contributed by atoms with E-state index >= 15 is 0 Å². The van der Waals surface area contributed by atoms with Gasteiger partial charge in [-0.1, -0.05) is 104 Å². The summed E-state index contributed by atoms with van der Waals surface area (Å²) in [6, 6.07) is 0. The van der Waals surface area contributed by atoms with E-state index in [2.05, 4.69) is 25.5 Å². The maximum Gasteiger partial charge on any atom is 0.305 e. The zero-order chi connectivity index (χ0) is 18.0. The Balaban J connectivity index is 3.54. The van der Waals surface area contributed by atoms with Crippen LogP contribution in [0.25, 0.3) is 0 Å². The van der Waals surface area contributed by atoms with Crippen LogP contribution in [0.2, 0.25) is 0 Å². The first-order chi connectivity index (χ1) is 11.6. The third-order valence-corrected chi connectivity index (χ3v) is 5.30. The van der Waals surface area contributed by atoms with Gasteiger partial charge in [-0.3, -0.25) is 4.79 Å². The summed E-state index contributed by atoms with van der Waals surface area (Å²) in [5.41, 5.74) is 0. The number of hydrogen-bond acceptors (Lipinski definition) is 2. The van der Waals surface area contributed by atoms with Gasteiger partial charge in [0.25, 0.3) is 0 Å². The molecule has 0 saturated carbocycles. The molecule has 0 aromatic heterocycles. The first-order valence-corrected chi connectivity index (χ1v) is 10.7. The topological polar surface area (TPSA) is 26.3 Å². The van der Waals surface area contributed by atoms with E-state index in [1.807, 2.05) is 0 Å². The van der Waals surface area contributed by atoms with Crippen LogP contribution < -0.4 is 0 Å². The second-order valence-electron chi connectivity index (χ2n) is 7.80. The molecule has 144 valence electrons. The van der Waals surface area contributed by atoms with Gasteiger partial charge in [-0.15, -0.1) is 0 Å². The molecule has 0 heterocycles. The molecule has 0 aliphatic carbocycles. The summed E-state index contributed by atoms with van der Waals surface area (Å²) in [4.78, 5) is 11.0. The molecule has 24 heavy (non-hydrogen) atoms. The number of methoxy groups -OCH3 is 1. The molecule has 1 atom stereocenters. The van der Waals surface area contributed by atoms with Gasteiger partial charge in [0.1, 0.15) is 0 Å². The monoisotopic (exact) mass is 340 g/mol. The number of carbonyl (C=O) groups is 1. The van der Waals surface area contributed by atoms with Crippen LogP contribution in [0.15, 0.2) is 0 Å². The van der Waals surface area contributed by atoms with Gasteiger partial charge in [0, 0.05) is 6.42 Å². The van der Waals surface area contributed by atoms with E-state index in [0.29, 0.717) is 6.42 Å². The molecule has 2 heteroatoms. The molecule has 0 aromatic carbocycles. The molecule has 0 radical (unpaired) electrons. The van der Waals surface area contributed by atoms with Gasteiger partial charge in [0.15, 0.2) is 0 Å². The van der Waals surface area contributed by atoms with E-state index in [4.69, 9.17) is 0 Å². The van der Waals surface area contributed by atoms with Crippen molar-refractivity contribution in [1.29, 1.82) is 0 Å². The Hall–Kier alpha value is -0.530. The Bertz CT molecular complexity index is 273. The first kappa shape index (κ1) is 23.5. The van der Waals surface area contributed by atoms with Crippen molar-refractivity contribution in [3.63, 3.8) is 0 Å². The fourth-order valence-corrected chi connectivity index (χ4v) is 3.48. The van der Waals surface area contributed by atoms with E-state index in [-0.39, 0.29) is 5.97 Å². The Morgan fingerprint density at radius 1 is 0.750 bits per heavy atom. The van der Waals surface area contributed by atoms with Gasteiger partial charge in [0.2, 0.25) is 0 Å². The SMILES string of the molecule is CCCCCCCCCC(CCCCCCCC(=O)OC)C(C)C. The number of esters is 1. The zero-order valence-electron chi connectivity index (χ0n) is 17.1. The Labute approximate surface area is 152 Å². The fourth-order valence-electron chi connectivity index (χ4n) is 3.48. The van der Waals surface area contributed by atoms with Crippen molar-refractivity contribution in [2.24, 2.45) is 11.8 Å². The second kappa shape index (κ2) is 17.3. The summed E-state index contributed by atoms with van der Waals surface area (Å²) in [6.45, 7) is 7.07. The van der Waals surface area contributed by atoms with Crippen molar-refractivity contribution >= 4 is 5.97 Å². The van der Waals surface area contributed by atoms with Gasteiger partial charge < -0.3 is 4.74 Å². The van der Waals surface area contributed by atoms with E-state index < -0.39 is 0 Å². The van der Waals surface area contributed by atoms with Crippen LogP contribution in [0, 0.1) is 11.8 Å². The fraction of sp³-hybridized carbons (Fsp3) is 0.955. The molecule has 0 aliphatic heterocycles. The summed E-state index contributed by atoms with van der Waals surface area (Å²) >= 11 is 0. The van der Waals surface area contributed by atoms with Gasteiger partial charge in [-0.2, -0.15) is 0 Å². The van der Waals surface area contributed by atoms with Crippen molar-refractivity contribution in [2.75, 3.05) is 7.11 Å². The number of rotatable bonds is 17. The number of unbranched alkanes of at least 4 members (excludes halogenated alkanes) is 10. The molecule has 0 aliphatic rings. The highest BCUT2D eigenvalue weighted by atomic mass is 16.5. The average molecular weight is 341 g/mol. The lowest BCUT2D eigenvalue weighted by molar-refractivity contribution is -0.140. The molecule has 0 fully saturated rings. The normalized spacial score (nSPS) is 12.5. The van der Waals surface area contributed by atoms with Crippen LogP contribution in [0.4, 0.5) is 0 Å². The quantitative estimate of drug-likeness (QED) is 0.205. The summed E-state index contributed by atoms with van der Waals surface area (Å²) in [5, 5.41) is 0. The van der Waals surface area contributed by atoms with E-state index in [9.17, 15) is 4.79 Å². The third kappa shape index (κ3) is 15.0. The van der Waals surface area contributed by atoms with Crippen LogP contribution in [-0.2, 0) is 9.53 Å². The van der Waals surface area contributed by atoms with Crippen LogP contribution in [-0.4, -0.2) is 13.1 Å². The molecule has 1 unspecified atom stereocenters. The average Bonchev–Trinajstić information content (AvgIpc) is 2.57. The highest BCUT2D eigenvalue weighted by molar-refractivity contribution is 5.68. The van der Waals surface area contributed by atoms with E-state index in [0.717, 1.165) is 18.3 Å². The van der Waals surface area contributed by atoms with Crippen molar-refractivity contribution in [3.05, 3.63) is 0 Å². The molecule has 0 spiro atoms. The van der Waals surface area contributed by atoms with Crippen molar-refractivity contribution in [1.82, 2.24) is 0 Å². The van der Waals surface area contributed by atoms with Crippen LogP contribution in [0.1, 0.15) is 117 Å². The molecule has 0 aromatic rings. The minimum absolute atomic E-state index is 0.0652. The van der Waals surface area contributed by atoms with Gasteiger partial charge >= 0.3 is 5.97 Å². The lowest BCUT2D eigenvalue weighted by atomic mass is 9.85. The van der Waals surface area contributed by atoms with Crippen molar-refractivity contribution in [3.8, 4) is 0 Å². The number of hydrogen-bond donors (Lipinski definition) is 0. The van der Waals surface area contributed by atoms with Gasteiger partial charge in [-0.25, -0.2) is 0 Å². The Kier molecular flexibility index (Phi) is 16.9. The second-order valence-corrected chi connectivity index (χ2v) is 7.80. The summed E-state index contributed by atoms with van der Waals surface area (Å²) in [7, 11) is 1.47. The Morgan fingerprint density at radius 2 is 1.21 bits per heavy atom. The lowest BCUT2D eigenvalue weighted by Gasteiger charge is -2.20. The first-order valence-electron chi connectivity index (χ1n) is 10.7. The van der Waals surface area contributed by atoms with Gasteiger partial charge in [0.05, 0.1) is 7.11 Å². The summed E-state index contributed by atoms with van der Waals surface area (Å²) < 4.78 is 4.67. The molecular formula is C22H44O2. The third-order valence-electron chi connectivity index (χ3n) is 5.30. The molecule has 0 N–H and O–H groups in total. The zero-order valence-corrected chi connectivity index (χ0v) is 17.1. The minimum Gasteiger partial charge on any atom is -0.469 e. The van der Waals surface area contributed by atoms with Crippen LogP contribution in [0.5, 0.6) is 0 Å². The van der Waals surface area contributed by atoms with Crippen LogP contribution in [0.3, 0.4) is 0 Å². The number of ether oxygens (including phenoxy) is 1. The van der Waals surface area contributed by atoms with Crippen LogP contribution >= 0.6 is 0 Å². The number of carbonyl (C=O) groups excluding carboxylic acids is 1. The Morgan fingerprint density at radius 3 is 1.67 bits per heavy atom. The molecule has 2 nitrogen and oxygen atoms in total. The maximum absolute atomic E-state index is 11.0. The van der Waals surface area contributed by atoms with E-state index in [1.165, 1.54) is 90.6 Å². The standard InChI is InChI=1S/C22H44O2/c1-5-6-7-8-9-11-14-17-21(20(2)3)18-15-12-10-13-16-19-22(23)24-4/h20-21H,5-19H2,1-4H3. The predicted molar refractivity (Wildman–Crippen MR) is 105 cm³/mol. The molecule has 0 saturated heterocycles. The molecular weight excluding hydrogens is 296 g/mol. The van der Waals surface area contributed by atoms with E-state index in [1.54, 1.807) is 0 Å². The maximum atomic E-state index is 11.0. The minimum atomic E-state index is -0.0652. The summed E-state index contributed by atoms with van der Waals surface area (Å²) in [6.07, 6.45) is 19.4. The van der Waals surface area contributed by atoms with Crippen molar-refractivity contribution < 1.29 is 9.53 Å². The molecule has 0 amide bonds. The summed E-state index contributed by atoms with van der Waals surface area (Å²) in [5.74, 6) is 1.67. The van der Waals surface area contributed by atoms with Crippen molar-refractivity contribution in [2.45, 2.75) is 117 Å². The predicted octanol–water partition coefficient (Wildman–Crippen LogP) is 7.30.